The van der Waals surface area contributed by atoms with E-state index in [1.54, 1.807) is 0 Å². The quantitative estimate of drug-likeness (QED) is 0.888. The Morgan fingerprint density at radius 3 is 2.29 bits per heavy atom. The third-order valence-electron chi connectivity index (χ3n) is 4.42. The summed E-state index contributed by atoms with van der Waals surface area (Å²) >= 11 is 3.44. The molecule has 1 aromatic carbocycles. The first-order valence-corrected chi connectivity index (χ1v) is 6.56. The number of hydrogen-bond acceptors (Lipinski definition) is 2. The SMILES string of the molecule is CC1(C)C(Nc2cc(Br)ccc2C#N)C1(C)C. The summed E-state index contributed by atoms with van der Waals surface area (Å²) in [6.45, 7) is 9.03. The first-order valence-electron chi connectivity index (χ1n) is 5.77. The molecule has 0 radical (unpaired) electrons. The minimum atomic E-state index is 0.266. The maximum atomic E-state index is 9.10. The van der Waals surface area contributed by atoms with Crippen LogP contribution in [-0.2, 0) is 0 Å². The van der Waals surface area contributed by atoms with Gasteiger partial charge in [-0.1, -0.05) is 43.6 Å². The lowest BCUT2D eigenvalue weighted by Gasteiger charge is -2.10. The standard InChI is InChI=1S/C14H17BrN2/c1-13(2)12(14(13,3)4)17-11-7-10(15)6-5-9(11)8-16/h5-7,12,17H,1-4H3. The second-order valence-electron chi connectivity index (χ2n) is 5.82. The van der Waals surface area contributed by atoms with Crippen molar-refractivity contribution in [3.8, 4) is 6.07 Å². The highest BCUT2D eigenvalue weighted by molar-refractivity contribution is 9.10. The number of benzene rings is 1. The molecule has 3 heteroatoms. The van der Waals surface area contributed by atoms with Gasteiger partial charge in [0.05, 0.1) is 11.3 Å². The van der Waals surface area contributed by atoms with E-state index in [0.717, 1.165) is 10.2 Å². The molecule has 90 valence electrons. The molecule has 0 heterocycles. The average molecular weight is 293 g/mol. The van der Waals surface area contributed by atoms with Crippen LogP contribution in [0.1, 0.15) is 33.3 Å². The lowest BCUT2D eigenvalue weighted by Crippen LogP contribution is -2.11. The summed E-state index contributed by atoms with van der Waals surface area (Å²) in [7, 11) is 0. The van der Waals surface area contributed by atoms with Gasteiger partial charge in [-0.05, 0) is 29.0 Å². The van der Waals surface area contributed by atoms with E-state index in [1.165, 1.54) is 0 Å². The third kappa shape index (κ3) is 1.85. The molecule has 1 aliphatic carbocycles. The molecule has 0 bridgehead atoms. The van der Waals surface area contributed by atoms with Crippen molar-refractivity contribution in [2.75, 3.05) is 5.32 Å². The molecule has 1 N–H and O–H groups in total. The lowest BCUT2D eigenvalue weighted by molar-refractivity contribution is 0.457. The van der Waals surface area contributed by atoms with Crippen molar-refractivity contribution in [3.63, 3.8) is 0 Å². The van der Waals surface area contributed by atoms with Gasteiger partial charge in [-0.25, -0.2) is 0 Å². The summed E-state index contributed by atoms with van der Waals surface area (Å²) in [5.41, 5.74) is 2.15. The topological polar surface area (TPSA) is 35.8 Å². The number of nitriles is 1. The predicted molar refractivity (Wildman–Crippen MR) is 73.8 cm³/mol. The molecule has 0 amide bonds. The van der Waals surface area contributed by atoms with Gasteiger partial charge in [-0.2, -0.15) is 5.26 Å². The van der Waals surface area contributed by atoms with E-state index in [9.17, 15) is 0 Å². The van der Waals surface area contributed by atoms with Crippen molar-refractivity contribution in [1.29, 1.82) is 5.26 Å². The highest BCUT2D eigenvalue weighted by Crippen LogP contribution is 2.63. The second kappa shape index (κ2) is 3.74. The molecule has 0 spiro atoms. The average Bonchev–Trinajstić information content (AvgIpc) is 2.61. The van der Waals surface area contributed by atoms with Gasteiger partial charge in [0.1, 0.15) is 6.07 Å². The van der Waals surface area contributed by atoms with E-state index in [2.05, 4.69) is 55.0 Å². The number of rotatable bonds is 2. The fourth-order valence-electron chi connectivity index (χ4n) is 2.45. The van der Waals surface area contributed by atoms with E-state index >= 15 is 0 Å². The Kier molecular flexibility index (Phi) is 2.74. The first-order chi connectivity index (χ1) is 7.80. The van der Waals surface area contributed by atoms with E-state index in [0.29, 0.717) is 11.6 Å². The first kappa shape index (κ1) is 12.4. The van der Waals surface area contributed by atoms with Crippen molar-refractivity contribution >= 4 is 21.6 Å². The number of hydrogen-bond donors (Lipinski definition) is 1. The van der Waals surface area contributed by atoms with Crippen LogP contribution in [0.4, 0.5) is 5.69 Å². The molecule has 1 fully saturated rings. The van der Waals surface area contributed by atoms with Crippen molar-refractivity contribution < 1.29 is 0 Å². The molecule has 17 heavy (non-hydrogen) atoms. The molecule has 0 aromatic heterocycles. The van der Waals surface area contributed by atoms with E-state index in [-0.39, 0.29) is 10.8 Å². The van der Waals surface area contributed by atoms with Crippen LogP contribution in [0.25, 0.3) is 0 Å². The maximum Gasteiger partial charge on any atom is 0.101 e. The van der Waals surface area contributed by atoms with Crippen LogP contribution in [0.2, 0.25) is 0 Å². The predicted octanol–water partition coefficient (Wildman–Crippen LogP) is 4.17. The van der Waals surface area contributed by atoms with Crippen LogP contribution in [0.15, 0.2) is 22.7 Å². The zero-order chi connectivity index (χ0) is 12.8. The van der Waals surface area contributed by atoms with Gasteiger partial charge in [-0.15, -0.1) is 0 Å². The summed E-state index contributed by atoms with van der Waals surface area (Å²) in [6, 6.07) is 8.35. The third-order valence-corrected chi connectivity index (χ3v) is 4.92. The van der Waals surface area contributed by atoms with Gasteiger partial charge in [0, 0.05) is 10.5 Å². The van der Waals surface area contributed by atoms with E-state index in [1.807, 2.05) is 18.2 Å². The summed E-state index contributed by atoms with van der Waals surface area (Å²) in [4.78, 5) is 0. The Morgan fingerprint density at radius 1 is 1.24 bits per heavy atom. The maximum absolute atomic E-state index is 9.10. The second-order valence-corrected chi connectivity index (χ2v) is 6.74. The fraction of sp³-hybridized carbons (Fsp3) is 0.500. The molecule has 0 aliphatic heterocycles. The van der Waals surface area contributed by atoms with Gasteiger partial charge in [0.2, 0.25) is 0 Å². The van der Waals surface area contributed by atoms with Crippen molar-refractivity contribution in [1.82, 2.24) is 0 Å². The number of anilines is 1. The van der Waals surface area contributed by atoms with Crippen LogP contribution >= 0.6 is 15.9 Å². The number of halogens is 1. The molecule has 2 nitrogen and oxygen atoms in total. The lowest BCUT2D eigenvalue weighted by atomic mass is 10.0. The molecule has 0 saturated heterocycles. The number of nitrogens with one attached hydrogen (secondary N) is 1. The van der Waals surface area contributed by atoms with Crippen molar-refractivity contribution in [3.05, 3.63) is 28.2 Å². The molecule has 1 aliphatic rings. The summed E-state index contributed by atoms with van der Waals surface area (Å²) in [6.07, 6.45) is 0. The van der Waals surface area contributed by atoms with Crippen molar-refractivity contribution in [2.24, 2.45) is 10.8 Å². The normalized spacial score (nSPS) is 20.7. The van der Waals surface area contributed by atoms with Crippen LogP contribution in [0.5, 0.6) is 0 Å². The van der Waals surface area contributed by atoms with Gasteiger partial charge in [0.15, 0.2) is 0 Å². The number of nitrogens with zero attached hydrogens (tertiary/aromatic N) is 1. The zero-order valence-electron chi connectivity index (χ0n) is 10.6. The van der Waals surface area contributed by atoms with Crippen LogP contribution in [-0.4, -0.2) is 6.04 Å². The van der Waals surface area contributed by atoms with E-state index < -0.39 is 0 Å². The molecular formula is C14H17BrN2. The Hall–Kier alpha value is -1.01. The molecule has 2 rings (SSSR count). The molecular weight excluding hydrogens is 276 g/mol. The monoisotopic (exact) mass is 292 g/mol. The fourth-order valence-corrected chi connectivity index (χ4v) is 2.81. The minimum Gasteiger partial charge on any atom is -0.380 e. The highest BCUT2D eigenvalue weighted by atomic mass is 79.9. The molecule has 1 saturated carbocycles. The van der Waals surface area contributed by atoms with Gasteiger partial charge < -0.3 is 5.32 Å². The summed E-state index contributed by atoms with van der Waals surface area (Å²) in [5, 5.41) is 12.6. The van der Waals surface area contributed by atoms with Gasteiger partial charge in [-0.3, -0.25) is 0 Å². The largest absolute Gasteiger partial charge is 0.380 e. The smallest absolute Gasteiger partial charge is 0.101 e. The van der Waals surface area contributed by atoms with E-state index in [4.69, 9.17) is 5.26 Å². The van der Waals surface area contributed by atoms with Crippen LogP contribution in [0, 0.1) is 22.2 Å². The molecule has 1 aromatic rings. The van der Waals surface area contributed by atoms with Gasteiger partial charge >= 0.3 is 0 Å². The van der Waals surface area contributed by atoms with Gasteiger partial charge in [0.25, 0.3) is 0 Å². The Balaban J connectivity index is 2.27. The Morgan fingerprint density at radius 2 is 1.82 bits per heavy atom. The van der Waals surface area contributed by atoms with Crippen molar-refractivity contribution in [2.45, 2.75) is 33.7 Å². The van der Waals surface area contributed by atoms with Crippen LogP contribution in [0.3, 0.4) is 0 Å². The van der Waals surface area contributed by atoms with Crippen LogP contribution < -0.4 is 5.32 Å². The minimum absolute atomic E-state index is 0.266. The molecule has 0 atom stereocenters. The Bertz CT molecular complexity index is 483. The highest BCUT2D eigenvalue weighted by Gasteiger charge is 2.65. The summed E-state index contributed by atoms with van der Waals surface area (Å²) < 4.78 is 0.996. The summed E-state index contributed by atoms with van der Waals surface area (Å²) in [5.74, 6) is 0. The molecule has 0 unspecified atom stereocenters. The zero-order valence-corrected chi connectivity index (χ0v) is 12.2. The Labute approximate surface area is 111 Å².